The Morgan fingerprint density at radius 1 is 0.917 bits per heavy atom. The number of ether oxygens (including phenoxy) is 1. The normalized spacial score (nSPS) is 43.3. The quantitative estimate of drug-likeness (QED) is 0.863. The molecule has 4 fully saturated rings. The lowest BCUT2D eigenvalue weighted by Crippen LogP contribution is -2.50. The van der Waals surface area contributed by atoms with E-state index >= 15 is 0 Å². The molecule has 0 spiro atoms. The predicted octanol–water partition coefficient (Wildman–Crippen LogP) is 2.95. The standard InChI is InChI=1S/C20H34N2O2/c1-13-2-6-16(7-3-13)24-17-8-10-22(11-9-17)20(23)18-14-4-5-15(12-14)19(18)21/h13-19H,2-12,21H2,1H3. The van der Waals surface area contributed by atoms with Gasteiger partial charge in [-0.25, -0.2) is 0 Å². The van der Waals surface area contributed by atoms with Crippen molar-refractivity contribution in [2.45, 2.75) is 83.0 Å². The van der Waals surface area contributed by atoms with Gasteiger partial charge in [-0.2, -0.15) is 0 Å². The van der Waals surface area contributed by atoms with Crippen molar-refractivity contribution in [1.29, 1.82) is 0 Å². The molecule has 1 aliphatic heterocycles. The number of likely N-dealkylation sites (tertiary alicyclic amines) is 1. The second-order valence-electron chi connectivity index (χ2n) is 8.98. The van der Waals surface area contributed by atoms with Crippen LogP contribution in [0.3, 0.4) is 0 Å². The summed E-state index contributed by atoms with van der Waals surface area (Å²) in [6.07, 6.45) is 11.6. The molecule has 4 nitrogen and oxygen atoms in total. The number of nitrogens with zero attached hydrogens (tertiary/aromatic N) is 1. The largest absolute Gasteiger partial charge is 0.375 e. The van der Waals surface area contributed by atoms with Gasteiger partial charge in [-0.3, -0.25) is 4.79 Å². The number of hydrogen-bond donors (Lipinski definition) is 1. The smallest absolute Gasteiger partial charge is 0.227 e. The summed E-state index contributed by atoms with van der Waals surface area (Å²) in [4.78, 5) is 15.0. The van der Waals surface area contributed by atoms with Crippen molar-refractivity contribution in [3.05, 3.63) is 0 Å². The Morgan fingerprint density at radius 2 is 1.54 bits per heavy atom. The van der Waals surface area contributed by atoms with Gasteiger partial charge in [0.05, 0.1) is 18.1 Å². The van der Waals surface area contributed by atoms with E-state index in [-0.39, 0.29) is 12.0 Å². The van der Waals surface area contributed by atoms with E-state index in [9.17, 15) is 4.79 Å². The lowest BCUT2D eigenvalue weighted by molar-refractivity contribution is -0.141. The Hall–Kier alpha value is -0.610. The molecular weight excluding hydrogens is 300 g/mol. The first kappa shape index (κ1) is 16.8. The Labute approximate surface area is 146 Å². The van der Waals surface area contributed by atoms with Crippen LogP contribution in [0.25, 0.3) is 0 Å². The molecule has 136 valence electrons. The first-order valence-electron chi connectivity index (χ1n) is 10.3. The number of carbonyl (C=O) groups excluding carboxylic acids is 1. The van der Waals surface area contributed by atoms with Crippen molar-refractivity contribution in [1.82, 2.24) is 4.90 Å². The fourth-order valence-electron chi connectivity index (χ4n) is 5.76. The van der Waals surface area contributed by atoms with Crippen molar-refractivity contribution < 1.29 is 9.53 Å². The highest BCUT2D eigenvalue weighted by molar-refractivity contribution is 5.80. The molecule has 4 aliphatic rings. The van der Waals surface area contributed by atoms with Crippen LogP contribution in [0, 0.1) is 23.7 Å². The predicted molar refractivity (Wildman–Crippen MR) is 94.4 cm³/mol. The zero-order valence-corrected chi connectivity index (χ0v) is 15.2. The summed E-state index contributed by atoms with van der Waals surface area (Å²) in [5.74, 6) is 2.50. The highest BCUT2D eigenvalue weighted by Gasteiger charge is 2.50. The second kappa shape index (κ2) is 6.95. The minimum absolute atomic E-state index is 0.112. The SMILES string of the molecule is CC1CCC(OC2CCN(C(=O)C3C4CCC(C4)C3N)CC2)CC1. The number of hydrogen-bond acceptors (Lipinski definition) is 3. The lowest BCUT2D eigenvalue weighted by Gasteiger charge is -2.38. The fourth-order valence-corrected chi connectivity index (χ4v) is 5.76. The molecule has 3 saturated carbocycles. The van der Waals surface area contributed by atoms with Crippen LogP contribution in [-0.2, 0) is 9.53 Å². The minimum Gasteiger partial charge on any atom is -0.375 e. The molecule has 2 N–H and O–H groups in total. The summed E-state index contributed by atoms with van der Waals surface area (Å²) in [5, 5.41) is 0. The molecule has 0 radical (unpaired) electrons. The molecule has 4 unspecified atom stereocenters. The van der Waals surface area contributed by atoms with Crippen molar-refractivity contribution in [2.75, 3.05) is 13.1 Å². The zero-order chi connectivity index (χ0) is 16.7. The third kappa shape index (κ3) is 3.24. The third-order valence-electron chi connectivity index (χ3n) is 7.37. The van der Waals surface area contributed by atoms with Gasteiger partial charge < -0.3 is 15.4 Å². The highest BCUT2D eigenvalue weighted by Crippen LogP contribution is 2.48. The molecule has 0 aromatic heterocycles. The maximum Gasteiger partial charge on any atom is 0.227 e. The van der Waals surface area contributed by atoms with Crippen LogP contribution in [0.1, 0.15) is 64.7 Å². The van der Waals surface area contributed by atoms with Crippen LogP contribution < -0.4 is 5.73 Å². The van der Waals surface area contributed by atoms with Gasteiger partial charge in [0, 0.05) is 19.1 Å². The van der Waals surface area contributed by atoms with Crippen LogP contribution in [0.4, 0.5) is 0 Å². The highest BCUT2D eigenvalue weighted by atomic mass is 16.5. The molecule has 1 heterocycles. The average Bonchev–Trinajstić information content (AvgIpc) is 3.18. The van der Waals surface area contributed by atoms with Crippen molar-refractivity contribution in [3.8, 4) is 0 Å². The summed E-state index contributed by atoms with van der Waals surface area (Å²) in [7, 11) is 0. The van der Waals surface area contributed by atoms with E-state index < -0.39 is 0 Å². The topological polar surface area (TPSA) is 55.6 Å². The monoisotopic (exact) mass is 334 g/mol. The molecule has 4 atom stereocenters. The number of amides is 1. The first-order valence-corrected chi connectivity index (χ1v) is 10.3. The number of rotatable bonds is 3. The fraction of sp³-hybridized carbons (Fsp3) is 0.950. The van der Waals surface area contributed by atoms with Gasteiger partial charge >= 0.3 is 0 Å². The molecule has 3 aliphatic carbocycles. The summed E-state index contributed by atoms with van der Waals surface area (Å²) in [5.41, 5.74) is 6.36. The molecule has 24 heavy (non-hydrogen) atoms. The van der Waals surface area contributed by atoms with E-state index in [0.717, 1.165) is 31.8 Å². The maximum atomic E-state index is 12.9. The zero-order valence-electron chi connectivity index (χ0n) is 15.2. The van der Waals surface area contributed by atoms with Crippen LogP contribution in [-0.4, -0.2) is 42.1 Å². The van der Waals surface area contributed by atoms with Crippen LogP contribution >= 0.6 is 0 Å². The molecule has 0 aromatic rings. The molecule has 4 heteroatoms. The van der Waals surface area contributed by atoms with Crippen molar-refractivity contribution in [2.24, 2.45) is 29.4 Å². The van der Waals surface area contributed by atoms with E-state index in [1.807, 2.05) is 0 Å². The molecule has 2 bridgehead atoms. The van der Waals surface area contributed by atoms with Gasteiger partial charge in [-0.15, -0.1) is 0 Å². The van der Waals surface area contributed by atoms with Crippen molar-refractivity contribution >= 4 is 5.91 Å². The Bertz CT molecular complexity index is 451. The minimum atomic E-state index is 0.112. The van der Waals surface area contributed by atoms with Crippen LogP contribution in [0.15, 0.2) is 0 Å². The molecule has 1 saturated heterocycles. The van der Waals surface area contributed by atoms with Gasteiger partial charge in [-0.1, -0.05) is 6.92 Å². The van der Waals surface area contributed by atoms with E-state index in [1.165, 1.54) is 44.9 Å². The van der Waals surface area contributed by atoms with Crippen LogP contribution in [0.5, 0.6) is 0 Å². The second-order valence-corrected chi connectivity index (χ2v) is 8.98. The lowest BCUT2D eigenvalue weighted by atomic mass is 9.83. The van der Waals surface area contributed by atoms with Gasteiger partial charge in [0.2, 0.25) is 5.91 Å². The van der Waals surface area contributed by atoms with E-state index in [4.69, 9.17) is 10.5 Å². The Balaban J connectivity index is 1.25. The molecular formula is C20H34N2O2. The molecule has 0 aromatic carbocycles. The Morgan fingerprint density at radius 3 is 2.17 bits per heavy atom. The molecule has 1 amide bonds. The number of piperidine rings is 1. The summed E-state index contributed by atoms with van der Waals surface area (Å²) in [6.45, 7) is 4.08. The van der Waals surface area contributed by atoms with Gasteiger partial charge in [0.25, 0.3) is 0 Å². The van der Waals surface area contributed by atoms with Gasteiger partial charge in [-0.05, 0) is 75.5 Å². The van der Waals surface area contributed by atoms with Crippen LogP contribution in [0.2, 0.25) is 0 Å². The van der Waals surface area contributed by atoms with Crippen molar-refractivity contribution in [3.63, 3.8) is 0 Å². The average molecular weight is 335 g/mol. The van der Waals surface area contributed by atoms with Gasteiger partial charge in [0.15, 0.2) is 0 Å². The maximum absolute atomic E-state index is 12.9. The summed E-state index contributed by atoms with van der Waals surface area (Å²) in [6, 6.07) is 0.120. The first-order chi connectivity index (χ1) is 11.6. The third-order valence-corrected chi connectivity index (χ3v) is 7.37. The number of nitrogens with two attached hydrogens (primary N) is 1. The Kier molecular flexibility index (Phi) is 4.88. The van der Waals surface area contributed by atoms with E-state index in [2.05, 4.69) is 11.8 Å². The van der Waals surface area contributed by atoms with E-state index in [1.54, 1.807) is 0 Å². The van der Waals surface area contributed by atoms with Gasteiger partial charge in [0.1, 0.15) is 0 Å². The number of carbonyl (C=O) groups is 1. The number of fused-ring (bicyclic) bond motifs is 2. The summed E-state index contributed by atoms with van der Waals surface area (Å²) >= 11 is 0. The summed E-state index contributed by atoms with van der Waals surface area (Å²) < 4.78 is 6.34. The van der Waals surface area contributed by atoms with E-state index in [0.29, 0.717) is 30.0 Å². The molecule has 4 rings (SSSR count).